The van der Waals surface area contributed by atoms with Crippen LogP contribution in [0.15, 0.2) is 42.5 Å². The first-order valence-electron chi connectivity index (χ1n) is 9.92. The van der Waals surface area contributed by atoms with E-state index in [2.05, 4.69) is 44.7 Å². The molecule has 3 rings (SSSR count). The summed E-state index contributed by atoms with van der Waals surface area (Å²) in [6, 6.07) is 14.2. The lowest BCUT2D eigenvalue weighted by Crippen LogP contribution is -2.21. The van der Waals surface area contributed by atoms with Gasteiger partial charge < -0.3 is 10.5 Å². The highest BCUT2D eigenvalue weighted by Gasteiger charge is 2.51. The molecule has 0 spiro atoms. The Morgan fingerprint density at radius 1 is 1.14 bits per heavy atom. The van der Waals surface area contributed by atoms with E-state index in [0.29, 0.717) is 18.7 Å². The summed E-state index contributed by atoms with van der Waals surface area (Å²) >= 11 is 0. The average molecular weight is 376 g/mol. The van der Waals surface area contributed by atoms with E-state index >= 15 is 0 Å². The van der Waals surface area contributed by atoms with Gasteiger partial charge in [0, 0.05) is 16.8 Å². The fourth-order valence-corrected chi connectivity index (χ4v) is 3.30. The number of ether oxygens (including phenoxy) is 1. The van der Waals surface area contributed by atoms with Crippen molar-refractivity contribution < 1.29 is 9.53 Å². The number of nitrogen functional groups attached to an aromatic ring is 1. The van der Waals surface area contributed by atoms with Gasteiger partial charge in [0.05, 0.1) is 12.0 Å². The molecule has 2 aromatic rings. The van der Waals surface area contributed by atoms with Crippen LogP contribution in [0.1, 0.15) is 62.8 Å². The lowest BCUT2D eigenvalue weighted by atomic mass is 9.86. The van der Waals surface area contributed by atoms with Crippen LogP contribution in [0.25, 0.3) is 0 Å². The van der Waals surface area contributed by atoms with E-state index in [4.69, 9.17) is 10.5 Å². The molecule has 0 amide bonds. The van der Waals surface area contributed by atoms with Gasteiger partial charge in [-0.2, -0.15) is 0 Å². The maximum Gasteiger partial charge on any atom is 0.312 e. The van der Waals surface area contributed by atoms with E-state index in [9.17, 15) is 4.79 Å². The molecule has 0 unspecified atom stereocenters. The Kier molecular flexibility index (Phi) is 5.52. The van der Waals surface area contributed by atoms with Crippen LogP contribution in [0.3, 0.4) is 0 Å². The highest BCUT2D eigenvalue weighted by Crippen LogP contribution is 2.49. The molecule has 0 atom stereocenters. The molecule has 0 saturated heterocycles. The molecule has 0 radical (unpaired) electrons. The van der Waals surface area contributed by atoms with Crippen molar-refractivity contribution in [1.82, 2.24) is 0 Å². The summed E-state index contributed by atoms with van der Waals surface area (Å²) < 4.78 is 5.25. The summed E-state index contributed by atoms with van der Waals surface area (Å²) in [5, 5.41) is 0. The van der Waals surface area contributed by atoms with Crippen LogP contribution in [0, 0.1) is 17.3 Å². The third-order valence-electron chi connectivity index (χ3n) is 5.29. The summed E-state index contributed by atoms with van der Waals surface area (Å²) in [6.07, 6.45) is 2.45. The van der Waals surface area contributed by atoms with Crippen LogP contribution in [-0.4, -0.2) is 12.6 Å². The topological polar surface area (TPSA) is 52.3 Å². The van der Waals surface area contributed by atoms with Crippen molar-refractivity contribution in [2.45, 2.75) is 52.4 Å². The summed E-state index contributed by atoms with van der Waals surface area (Å²) in [5.74, 6) is 6.37. The molecule has 1 saturated carbocycles. The van der Waals surface area contributed by atoms with Crippen molar-refractivity contribution in [3.63, 3.8) is 0 Å². The molecule has 3 nitrogen and oxygen atoms in total. The van der Waals surface area contributed by atoms with Gasteiger partial charge in [-0.25, -0.2) is 0 Å². The summed E-state index contributed by atoms with van der Waals surface area (Å²) in [7, 11) is 0. The molecule has 1 fully saturated rings. The largest absolute Gasteiger partial charge is 0.466 e. The first-order chi connectivity index (χ1) is 13.2. The van der Waals surface area contributed by atoms with Crippen LogP contribution in [-0.2, 0) is 21.4 Å². The van der Waals surface area contributed by atoms with Gasteiger partial charge in [0.1, 0.15) is 0 Å². The second-order valence-corrected chi connectivity index (χ2v) is 8.68. The molecule has 2 N–H and O–H groups in total. The van der Waals surface area contributed by atoms with Gasteiger partial charge in [-0.05, 0) is 67.0 Å². The van der Waals surface area contributed by atoms with Crippen molar-refractivity contribution in [2.24, 2.45) is 5.41 Å². The minimum atomic E-state index is -0.349. The Balaban J connectivity index is 1.82. The zero-order chi connectivity index (χ0) is 20.4. The predicted molar refractivity (Wildman–Crippen MR) is 114 cm³/mol. The van der Waals surface area contributed by atoms with Crippen molar-refractivity contribution in [3.8, 4) is 11.8 Å². The van der Waals surface area contributed by atoms with E-state index in [0.717, 1.165) is 29.5 Å². The van der Waals surface area contributed by atoms with Crippen molar-refractivity contribution >= 4 is 11.7 Å². The van der Waals surface area contributed by atoms with Crippen molar-refractivity contribution in [3.05, 3.63) is 64.7 Å². The number of anilines is 1. The van der Waals surface area contributed by atoms with Crippen molar-refractivity contribution in [1.29, 1.82) is 0 Å². The van der Waals surface area contributed by atoms with Gasteiger partial charge in [0.2, 0.25) is 0 Å². The fourth-order valence-electron chi connectivity index (χ4n) is 3.30. The number of esters is 1. The number of hydrogen-bond acceptors (Lipinski definition) is 3. The molecule has 0 aliphatic heterocycles. The molecule has 28 heavy (non-hydrogen) atoms. The lowest BCUT2D eigenvalue weighted by Gasteiger charge is -2.18. The Morgan fingerprint density at radius 2 is 1.89 bits per heavy atom. The van der Waals surface area contributed by atoms with Gasteiger partial charge in [0.25, 0.3) is 0 Å². The van der Waals surface area contributed by atoms with Crippen LogP contribution in [0.2, 0.25) is 0 Å². The SMILES string of the molecule is CCOC(=O)C1(Cc2ccc(N)c(C#Cc3cccc(C(C)(C)C)c3)c2)CC1. The van der Waals surface area contributed by atoms with Gasteiger partial charge in [-0.15, -0.1) is 0 Å². The normalized spacial score (nSPS) is 14.7. The molecular formula is C25H29NO2. The maximum atomic E-state index is 12.2. The van der Waals surface area contributed by atoms with Gasteiger partial charge >= 0.3 is 5.97 Å². The molecule has 3 heteroatoms. The van der Waals surface area contributed by atoms with Gasteiger partial charge in [-0.3, -0.25) is 4.79 Å². The van der Waals surface area contributed by atoms with Gasteiger partial charge in [0.15, 0.2) is 0 Å². The third kappa shape index (κ3) is 4.57. The quantitative estimate of drug-likeness (QED) is 0.472. The van der Waals surface area contributed by atoms with Crippen LogP contribution >= 0.6 is 0 Å². The Morgan fingerprint density at radius 3 is 2.54 bits per heavy atom. The minimum absolute atomic E-state index is 0.0848. The molecular weight excluding hydrogens is 346 g/mol. The Hall–Kier alpha value is -2.73. The van der Waals surface area contributed by atoms with Crippen LogP contribution in [0.4, 0.5) is 5.69 Å². The standard InChI is InChI=1S/C25H29NO2/c1-5-28-23(27)25(13-14-25)17-19-10-12-22(26)20(15-19)11-9-18-7-6-8-21(16-18)24(2,3)4/h6-8,10,12,15-16H,5,13-14,17,26H2,1-4H3. The third-order valence-corrected chi connectivity index (χ3v) is 5.29. The van der Waals surface area contributed by atoms with Crippen LogP contribution < -0.4 is 5.73 Å². The van der Waals surface area contributed by atoms with E-state index in [1.54, 1.807) is 0 Å². The maximum absolute atomic E-state index is 12.2. The second kappa shape index (κ2) is 7.72. The summed E-state index contributed by atoms with van der Waals surface area (Å²) in [5.41, 5.74) is 10.6. The molecule has 2 aromatic carbocycles. The average Bonchev–Trinajstić information content (AvgIpc) is 3.43. The number of carbonyl (C=O) groups is 1. The first-order valence-corrected chi connectivity index (χ1v) is 9.92. The second-order valence-electron chi connectivity index (χ2n) is 8.68. The number of hydrogen-bond donors (Lipinski definition) is 1. The zero-order valence-electron chi connectivity index (χ0n) is 17.3. The zero-order valence-corrected chi connectivity index (χ0v) is 17.3. The van der Waals surface area contributed by atoms with Gasteiger partial charge in [-0.1, -0.05) is 50.8 Å². The minimum Gasteiger partial charge on any atom is -0.466 e. The van der Waals surface area contributed by atoms with Crippen molar-refractivity contribution in [2.75, 3.05) is 12.3 Å². The van der Waals surface area contributed by atoms with E-state index in [-0.39, 0.29) is 16.8 Å². The molecule has 0 aromatic heterocycles. The number of rotatable bonds is 4. The predicted octanol–water partition coefficient (Wildman–Crippen LogP) is 4.85. The highest BCUT2D eigenvalue weighted by molar-refractivity contribution is 5.80. The molecule has 0 bridgehead atoms. The fraction of sp³-hybridized carbons (Fsp3) is 0.400. The first kappa shape index (κ1) is 20.0. The van der Waals surface area contributed by atoms with E-state index in [1.807, 2.05) is 37.3 Å². The summed E-state index contributed by atoms with van der Waals surface area (Å²) in [4.78, 5) is 12.2. The molecule has 0 heterocycles. The Labute approximate surface area is 168 Å². The molecule has 1 aliphatic rings. The smallest absolute Gasteiger partial charge is 0.312 e. The highest BCUT2D eigenvalue weighted by atomic mass is 16.5. The number of nitrogens with two attached hydrogens (primary N) is 1. The number of carbonyl (C=O) groups excluding carboxylic acids is 1. The number of benzene rings is 2. The van der Waals surface area contributed by atoms with E-state index < -0.39 is 0 Å². The monoisotopic (exact) mass is 375 g/mol. The van der Waals surface area contributed by atoms with Crippen LogP contribution in [0.5, 0.6) is 0 Å². The lowest BCUT2D eigenvalue weighted by molar-refractivity contribution is -0.149. The molecule has 1 aliphatic carbocycles. The van der Waals surface area contributed by atoms with E-state index in [1.165, 1.54) is 5.56 Å². The Bertz CT molecular complexity index is 937. The molecule has 146 valence electrons. The summed E-state index contributed by atoms with van der Waals surface area (Å²) in [6.45, 7) is 8.85.